The van der Waals surface area contributed by atoms with Gasteiger partial charge < -0.3 is 16.0 Å². The molecule has 1 rings (SSSR count). The van der Waals surface area contributed by atoms with Gasteiger partial charge in [-0.25, -0.2) is 9.38 Å². The quantitative estimate of drug-likeness (QED) is 0.277. The van der Waals surface area contributed by atoms with Crippen LogP contribution in [0.3, 0.4) is 0 Å². The van der Waals surface area contributed by atoms with E-state index in [0.717, 1.165) is 53.2 Å². The molecule has 0 fully saturated rings. The van der Waals surface area contributed by atoms with Crippen LogP contribution in [0.2, 0.25) is 0 Å². The average molecular weight is 406 g/mol. The van der Waals surface area contributed by atoms with Crippen molar-refractivity contribution in [3.63, 3.8) is 0 Å². The van der Waals surface area contributed by atoms with E-state index < -0.39 is 5.83 Å². The normalized spacial score (nSPS) is 17.6. The molecule has 0 amide bonds. The smallest absolute Gasteiger partial charge is 0.127 e. The number of nitrogens with zero attached hydrogens (tertiary/aromatic N) is 3. The van der Waals surface area contributed by atoms with Gasteiger partial charge in [0, 0.05) is 50.6 Å². The van der Waals surface area contributed by atoms with E-state index in [1.165, 1.54) is 6.08 Å². The first-order valence-electron chi connectivity index (χ1n) is 9.47. The SMILES string of the molecule is C=C(F)/C=C(P)\C(=C/C)CNC(=NC)C1=C(N)CCN(C(=C/C)/N=C\CC)C1. The Bertz CT molecular complexity index is 744. The van der Waals surface area contributed by atoms with Crippen molar-refractivity contribution >= 4 is 21.3 Å². The topological polar surface area (TPSA) is 66.0 Å². The second-order valence-corrected chi connectivity index (χ2v) is 6.95. The highest BCUT2D eigenvalue weighted by Crippen LogP contribution is 2.22. The van der Waals surface area contributed by atoms with E-state index in [9.17, 15) is 4.39 Å². The lowest BCUT2D eigenvalue weighted by Gasteiger charge is -2.32. The largest absolute Gasteiger partial charge is 0.402 e. The summed E-state index contributed by atoms with van der Waals surface area (Å²) in [5.41, 5.74) is 9.06. The first-order chi connectivity index (χ1) is 13.4. The van der Waals surface area contributed by atoms with Gasteiger partial charge in [-0.15, -0.1) is 9.24 Å². The van der Waals surface area contributed by atoms with Gasteiger partial charge in [-0.05, 0) is 43.3 Å². The maximum atomic E-state index is 13.1. The van der Waals surface area contributed by atoms with Gasteiger partial charge in [0.25, 0.3) is 0 Å². The molecule has 0 bridgehead atoms. The molecule has 0 aliphatic carbocycles. The zero-order valence-electron chi connectivity index (χ0n) is 17.4. The average Bonchev–Trinajstić information content (AvgIpc) is 2.66. The van der Waals surface area contributed by atoms with Gasteiger partial charge in [0.05, 0.1) is 0 Å². The summed E-state index contributed by atoms with van der Waals surface area (Å²) in [6, 6.07) is 0. The first kappa shape index (κ1) is 23.8. The second-order valence-electron chi connectivity index (χ2n) is 6.33. The van der Waals surface area contributed by atoms with Crippen LogP contribution in [-0.4, -0.2) is 43.6 Å². The third-order valence-corrected chi connectivity index (χ3v) is 4.90. The fourth-order valence-electron chi connectivity index (χ4n) is 2.86. The van der Waals surface area contributed by atoms with E-state index >= 15 is 0 Å². The summed E-state index contributed by atoms with van der Waals surface area (Å²) in [4.78, 5) is 11.2. The molecule has 0 spiro atoms. The van der Waals surface area contributed by atoms with Crippen LogP contribution in [0, 0.1) is 0 Å². The summed E-state index contributed by atoms with van der Waals surface area (Å²) < 4.78 is 13.1. The van der Waals surface area contributed by atoms with Crippen molar-refractivity contribution in [2.24, 2.45) is 15.7 Å². The Morgan fingerprint density at radius 3 is 2.64 bits per heavy atom. The Labute approximate surface area is 171 Å². The molecule has 1 aliphatic rings. The maximum Gasteiger partial charge on any atom is 0.127 e. The predicted octanol–water partition coefficient (Wildman–Crippen LogP) is 4.05. The molecule has 0 radical (unpaired) electrons. The Balaban J connectivity index is 2.95. The summed E-state index contributed by atoms with van der Waals surface area (Å²) >= 11 is 0. The van der Waals surface area contributed by atoms with E-state index in [-0.39, 0.29) is 0 Å². The second kappa shape index (κ2) is 12.3. The summed E-state index contributed by atoms with van der Waals surface area (Å²) in [6.07, 6.45) is 8.89. The monoisotopic (exact) mass is 405 g/mol. The van der Waals surface area contributed by atoms with E-state index in [1.807, 2.05) is 32.2 Å². The van der Waals surface area contributed by atoms with Gasteiger partial charge in [-0.1, -0.05) is 19.6 Å². The first-order valence-corrected chi connectivity index (χ1v) is 10.0. The molecular weight excluding hydrogens is 372 g/mol. The molecule has 1 atom stereocenters. The molecule has 1 unspecified atom stereocenters. The number of amidine groups is 1. The maximum absolute atomic E-state index is 13.1. The Kier molecular flexibility index (Phi) is 10.5. The predicted molar refractivity (Wildman–Crippen MR) is 123 cm³/mol. The third kappa shape index (κ3) is 7.08. The zero-order chi connectivity index (χ0) is 21.1. The Morgan fingerprint density at radius 1 is 1.39 bits per heavy atom. The molecule has 0 aromatic rings. The molecule has 3 N–H and O–H groups in total. The van der Waals surface area contributed by atoms with E-state index in [2.05, 4.69) is 42.9 Å². The van der Waals surface area contributed by atoms with Crippen LogP contribution in [0.25, 0.3) is 0 Å². The number of rotatable bonds is 8. The molecule has 5 nitrogen and oxygen atoms in total. The van der Waals surface area contributed by atoms with Crippen molar-refractivity contribution in [3.05, 3.63) is 58.6 Å². The van der Waals surface area contributed by atoms with Gasteiger partial charge in [0.1, 0.15) is 17.5 Å². The Hall–Kier alpha value is -2.20. The number of hydrogen-bond donors (Lipinski definition) is 2. The zero-order valence-corrected chi connectivity index (χ0v) is 18.6. The van der Waals surface area contributed by atoms with Crippen LogP contribution < -0.4 is 11.1 Å². The minimum atomic E-state index is -0.477. The number of nitrogens with two attached hydrogens (primary N) is 1. The van der Waals surface area contributed by atoms with Crippen molar-refractivity contribution in [2.45, 2.75) is 33.6 Å². The number of allylic oxidation sites excluding steroid dienone is 4. The van der Waals surface area contributed by atoms with Crippen LogP contribution in [0.5, 0.6) is 0 Å². The highest BCUT2D eigenvalue weighted by atomic mass is 31.0. The van der Waals surface area contributed by atoms with E-state index in [1.54, 1.807) is 7.05 Å². The van der Waals surface area contributed by atoms with Crippen LogP contribution in [0.15, 0.2) is 68.6 Å². The molecule has 7 heteroatoms. The molecule has 28 heavy (non-hydrogen) atoms. The molecule has 154 valence electrons. The molecule has 0 aromatic heterocycles. The van der Waals surface area contributed by atoms with Crippen LogP contribution in [0.4, 0.5) is 4.39 Å². The highest BCUT2D eigenvalue weighted by Gasteiger charge is 2.22. The minimum absolute atomic E-state index is 0.477. The molecule has 0 saturated carbocycles. The molecule has 0 aromatic carbocycles. The van der Waals surface area contributed by atoms with Gasteiger partial charge in [-0.2, -0.15) is 0 Å². The molecular formula is C21H33FN5P. The number of nitrogens with one attached hydrogen (secondary N) is 1. The van der Waals surface area contributed by atoms with Gasteiger partial charge >= 0.3 is 0 Å². The minimum Gasteiger partial charge on any atom is -0.402 e. The molecule has 0 saturated heterocycles. The van der Waals surface area contributed by atoms with Crippen LogP contribution in [-0.2, 0) is 0 Å². The number of hydrogen-bond acceptors (Lipinski definition) is 4. The van der Waals surface area contributed by atoms with Gasteiger partial charge in [-0.3, -0.25) is 4.99 Å². The fraction of sp³-hybridized carbons (Fsp3) is 0.429. The van der Waals surface area contributed by atoms with Crippen molar-refractivity contribution in [2.75, 3.05) is 26.7 Å². The highest BCUT2D eigenvalue weighted by molar-refractivity contribution is 7.23. The van der Waals surface area contributed by atoms with E-state index in [4.69, 9.17) is 5.73 Å². The molecule has 1 aliphatic heterocycles. The summed E-state index contributed by atoms with van der Waals surface area (Å²) in [5.74, 6) is 1.21. The standard InChI is InChI=1S/C21H33FN5P/c1-6-10-25-20(8-3)27-11-9-18(23)17(14-27)21(24-5)26-13-16(7-2)19(28)12-15(4)22/h7-8,10,12H,4,6,9,11,13-14,23,28H2,1-3,5H3,(H,24,26)/b16-7-,19-12+,20-8+,25-10-. The van der Waals surface area contributed by atoms with Crippen LogP contribution >= 0.6 is 9.24 Å². The van der Waals surface area contributed by atoms with Crippen LogP contribution in [0.1, 0.15) is 33.6 Å². The summed E-state index contributed by atoms with van der Waals surface area (Å²) in [6.45, 7) is 11.2. The lowest BCUT2D eigenvalue weighted by Crippen LogP contribution is -2.39. The number of halogens is 1. The lowest BCUT2D eigenvalue weighted by molar-refractivity contribution is 0.357. The van der Waals surface area contributed by atoms with Crippen molar-refractivity contribution in [3.8, 4) is 0 Å². The lowest BCUT2D eigenvalue weighted by atomic mass is 10.0. The van der Waals surface area contributed by atoms with Gasteiger partial charge in [0.15, 0.2) is 0 Å². The summed E-state index contributed by atoms with van der Waals surface area (Å²) in [7, 11) is 4.28. The van der Waals surface area contributed by atoms with Crippen molar-refractivity contribution in [1.29, 1.82) is 0 Å². The summed E-state index contributed by atoms with van der Waals surface area (Å²) in [5, 5.41) is 4.09. The number of aliphatic imine (C=N–C) groups is 2. The molecule has 1 heterocycles. The van der Waals surface area contributed by atoms with Gasteiger partial charge in [0.2, 0.25) is 0 Å². The third-order valence-electron chi connectivity index (χ3n) is 4.36. The van der Waals surface area contributed by atoms with Crippen molar-refractivity contribution in [1.82, 2.24) is 10.2 Å². The Morgan fingerprint density at radius 2 is 2.11 bits per heavy atom. The van der Waals surface area contributed by atoms with Crippen molar-refractivity contribution < 1.29 is 4.39 Å². The fourth-order valence-corrected chi connectivity index (χ4v) is 3.31. The van der Waals surface area contributed by atoms with E-state index in [0.29, 0.717) is 13.1 Å².